The molecule has 1 fully saturated rings. The SMILES string of the molecule is NC(=O)c1ccc(N2CCCCC2)c(NC(=O)c2cc(-c3ccccc3Cl)on2)c1. The van der Waals surface area contributed by atoms with Gasteiger partial charge in [-0.15, -0.1) is 0 Å². The van der Waals surface area contributed by atoms with Crippen molar-refractivity contribution in [3.05, 3.63) is 64.8 Å². The largest absolute Gasteiger partial charge is 0.370 e. The zero-order chi connectivity index (χ0) is 21.1. The van der Waals surface area contributed by atoms with Gasteiger partial charge in [0.1, 0.15) is 0 Å². The van der Waals surface area contributed by atoms with Crippen molar-refractivity contribution >= 4 is 34.8 Å². The highest BCUT2D eigenvalue weighted by Crippen LogP contribution is 2.31. The van der Waals surface area contributed by atoms with Gasteiger partial charge in [-0.1, -0.05) is 28.9 Å². The number of nitrogens with one attached hydrogen (secondary N) is 1. The summed E-state index contributed by atoms with van der Waals surface area (Å²) < 4.78 is 5.32. The van der Waals surface area contributed by atoms with Gasteiger partial charge in [0.15, 0.2) is 11.5 Å². The molecule has 3 aromatic rings. The van der Waals surface area contributed by atoms with Gasteiger partial charge in [-0.05, 0) is 49.6 Å². The third-order valence-electron chi connectivity index (χ3n) is 5.11. The van der Waals surface area contributed by atoms with Crippen LogP contribution in [0.1, 0.15) is 40.1 Å². The van der Waals surface area contributed by atoms with E-state index in [0.717, 1.165) is 31.6 Å². The minimum Gasteiger partial charge on any atom is -0.370 e. The molecule has 0 saturated carbocycles. The van der Waals surface area contributed by atoms with Gasteiger partial charge in [0.2, 0.25) is 5.91 Å². The van der Waals surface area contributed by atoms with Gasteiger partial charge in [-0.3, -0.25) is 9.59 Å². The van der Waals surface area contributed by atoms with Crippen molar-refractivity contribution in [2.75, 3.05) is 23.3 Å². The van der Waals surface area contributed by atoms with E-state index < -0.39 is 11.8 Å². The van der Waals surface area contributed by atoms with Crippen molar-refractivity contribution in [2.24, 2.45) is 5.73 Å². The first-order chi connectivity index (χ1) is 14.5. The van der Waals surface area contributed by atoms with E-state index in [9.17, 15) is 9.59 Å². The van der Waals surface area contributed by atoms with Crippen molar-refractivity contribution in [3.63, 3.8) is 0 Å². The van der Waals surface area contributed by atoms with Gasteiger partial charge >= 0.3 is 0 Å². The summed E-state index contributed by atoms with van der Waals surface area (Å²) in [6.07, 6.45) is 3.34. The molecule has 4 rings (SSSR count). The molecular formula is C22H21ClN4O3. The Bertz CT molecular complexity index is 1090. The monoisotopic (exact) mass is 424 g/mol. The lowest BCUT2D eigenvalue weighted by Gasteiger charge is -2.30. The van der Waals surface area contributed by atoms with E-state index in [2.05, 4.69) is 15.4 Å². The van der Waals surface area contributed by atoms with Gasteiger partial charge in [-0.25, -0.2) is 0 Å². The number of hydrogen-bond acceptors (Lipinski definition) is 5. The molecule has 8 heteroatoms. The van der Waals surface area contributed by atoms with E-state index in [1.54, 1.807) is 24.3 Å². The average Bonchev–Trinajstić information content (AvgIpc) is 3.25. The lowest BCUT2D eigenvalue weighted by Crippen LogP contribution is -2.30. The lowest BCUT2D eigenvalue weighted by atomic mass is 10.1. The van der Waals surface area contributed by atoms with E-state index in [4.69, 9.17) is 21.9 Å². The molecule has 0 spiro atoms. The van der Waals surface area contributed by atoms with Crippen LogP contribution in [0.25, 0.3) is 11.3 Å². The summed E-state index contributed by atoms with van der Waals surface area (Å²) in [5.74, 6) is -0.608. The second-order valence-electron chi connectivity index (χ2n) is 7.15. The van der Waals surface area contributed by atoms with Crippen LogP contribution < -0.4 is 16.0 Å². The Balaban J connectivity index is 1.61. The quantitative estimate of drug-likeness (QED) is 0.634. The number of nitrogens with two attached hydrogens (primary N) is 1. The van der Waals surface area contributed by atoms with Crippen LogP contribution in [0.5, 0.6) is 0 Å². The molecule has 3 N–H and O–H groups in total. The van der Waals surface area contributed by atoms with Crippen LogP contribution >= 0.6 is 11.6 Å². The Labute approximate surface area is 178 Å². The summed E-state index contributed by atoms with van der Waals surface area (Å²) in [6, 6.07) is 13.8. The summed E-state index contributed by atoms with van der Waals surface area (Å²) >= 11 is 6.19. The number of hydrogen-bond donors (Lipinski definition) is 2. The Morgan fingerprint density at radius 3 is 2.57 bits per heavy atom. The standard InChI is InChI=1S/C22H21ClN4O3/c23-16-7-3-2-6-15(16)20-13-18(26-30-20)22(29)25-17-12-14(21(24)28)8-9-19(17)27-10-4-1-5-11-27/h2-3,6-9,12-13H,1,4-5,10-11H2,(H2,24,28)(H,25,29). The molecule has 0 unspecified atom stereocenters. The molecule has 7 nitrogen and oxygen atoms in total. The van der Waals surface area contributed by atoms with E-state index in [0.29, 0.717) is 27.6 Å². The molecule has 2 amide bonds. The van der Waals surface area contributed by atoms with Crippen LogP contribution in [0.4, 0.5) is 11.4 Å². The van der Waals surface area contributed by atoms with Crippen LogP contribution in [-0.2, 0) is 0 Å². The van der Waals surface area contributed by atoms with E-state index in [1.807, 2.05) is 18.2 Å². The number of piperidine rings is 1. The van der Waals surface area contributed by atoms with Crippen LogP contribution in [0, 0.1) is 0 Å². The summed E-state index contributed by atoms with van der Waals surface area (Å²) in [5.41, 5.74) is 7.88. The molecule has 1 aliphatic rings. The maximum absolute atomic E-state index is 12.9. The maximum atomic E-state index is 12.9. The summed E-state index contributed by atoms with van der Waals surface area (Å²) in [7, 11) is 0. The number of primary amides is 1. The van der Waals surface area contributed by atoms with Crippen LogP contribution in [-0.4, -0.2) is 30.1 Å². The highest BCUT2D eigenvalue weighted by molar-refractivity contribution is 6.33. The first-order valence-corrected chi connectivity index (χ1v) is 10.1. The van der Waals surface area contributed by atoms with Gasteiger partial charge in [0.25, 0.3) is 5.91 Å². The third kappa shape index (κ3) is 4.16. The van der Waals surface area contributed by atoms with E-state index >= 15 is 0 Å². The number of aromatic nitrogens is 1. The van der Waals surface area contributed by atoms with Crippen molar-refractivity contribution in [1.82, 2.24) is 5.16 Å². The topological polar surface area (TPSA) is 101 Å². The summed E-state index contributed by atoms with van der Waals surface area (Å²) in [6.45, 7) is 1.78. The fraction of sp³-hybridized carbons (Fsp3) is 0.227. The molecule has 0 atom stereocenters. The Morgan fingerprint density at radius 2 is 1.83 bits per heavy atom. The first-order valence-electron chi connectivity index (χ1n) is 9.75. The van der Waals surface area contributed by atoms with Crippen LogP contribution in [0.15, 0.2) is 53.1 Å². The molecule has 0 bridgehead atoms. The average molecular weight is 425 g/mol. The zero-order valence-electron chi connectivity index (χ0n) is 16.2. The van der Waals surface area contributed by atoms with Crippen molar-refractivity contribution in [1.29, 1.82) is 0 Å². The molecule has 1 aromatic heterocycles. The van der Waals surface area contributed by atoms with Crippen LogP contribution in [0.2, 0.25) is 5.02 Å². The molecule has 0 radical (unpaired) electrons. The molecule has 1 saturated heterocycles. The van der Waals surface area contributed by atoms with Crippen molar-refractivity contribution in [2.45, 2.75) is 19.3 Å². The fourth-order valence-electron chi connectivity index (χ4n) is 3.56. The van der Waals surface area contributed by atoms with Crippen LogP contribution in [0.3, 0.4) is 0 Å². The van der Waals surface area contributed by atoms with E-state index in [1.165, 1.54) is 12.5 Å². The highest BCUT2D eigenvalue weighted by atomic mass is 35.5. The number of anilines is 2. The minimum absolute atomic E-state index is 0.110. The van der Waals surface area contributed by atoms with E-state index in [-0.39, 0.29) is 5.69 Å². The number of carbonyl (C=O) groups is 2. The number of amides is 2. The third-order valence-corrected chi connectivity index (χ3v) is 5.44. The number of carbonyl (C=O) groups excluding carboxylic acids is 2. The number of benzene rings is 2. The number of halogens is 1. The predicted molar refractivity (Wildman–Crippen MR) is 116 cm³/mol. The summed E-state index contributed by atoms with van der Waals surface area (Å²) in [5, 5.41) is 7.24. The van der Waals surface area contributed by atoms with Gasteiger partial charge in [-0.2, -0.15) is 0 Å². The first kappa shape index (κ1) is 20.0. The van der Waals surface area contributed by atoms with Crippen molar-refractivity contribution in [3.8, 4) is 11.3 Å². The zero-order valence-corrected chi connectivity index (χ0v) is 17.0. The Morgan fingerprint density at radius 1 is 1.07 bits per heavy atom. The number of nitrogens with zero attached hydrogens (tertiary/aromatic N) is 2. The molecule has 2 aromatic carbocycles. The molecule has 154 valence electrons. The van der Waals surface area contributed by atoms with Gasteiger partial charge in [0.05, 0.1) is 16.4 Å². The molecule has 0 aliphatic carbocycles. The fourth-order valence-corrected chi connectivity index (χ4v) is 3.79. The summed E-state index contributed by atoms with van der Waals surface area (Å²) in [4.78, 5) is 26.7. The van der Waals surface area contributed by atoms with Gasteiger partial charge in [0, 0.05) is 30.3 Å². The second kappa shape index (κ2) is 8.59. The Kier molecular flexibility index (Phi) is 5.72. The molecular weight excluding hydrogens is 404 g/mol. The molecule has 1 aliphatic heterocycles. The number of rotatable bonds is 5. The predicted octanol–water partition coefficient (Wildman–Crippen LogP) is 4.34. The normalized spacial score (nSPS) is 13.8. The Hall–Kier alpha value is -3.32. The second-order valence-corrected chi connectivity index (χ2v) is 7.56. The highest BCUT2D eigenvalue weighted by Gasteiger charge is 2.20. The lowest BCUT2D eigenvalue weighted by molar-refractivity contribution is 0.0994. The van der Waals surface area contributed by atoms with Gasteiger partial charge < -0.3 is 20.5 Å². The molecule has 2 heterocycles. The minimum atomic E-state index is -0.557. The van der Waals surface area contributed by atoms with Crippen molar-refractivity contribution < 1.29 is 14.1 Å². The maximum Gasteiger partial charge on any atom is 0.277 e. The molecule has 30 heavy (non-hydrogen) atoms. The smallest absolute Gasteiger partial charge is 0.277 e.